The van der Waals surface area contributed by atoms with Crippen molar-refractivity contribution in [2.24, 2.45) is 0 Å². The number of rotatable bonds is 4. The number of ether oxygens (including phenoxy) is 4. The fraction of sp³-hybridized carbons (Fsp3) is 0.571. The predicted octanol–water partition coefficient (Wildman–Crippen LogP) is -0.375. The van der Waals surface area contributed by atoms with Crippen LogP contribution >= 0.6 is 12.2 Å². The molecule has 11 nitrogen and oxygen atoms in total. The van der Waals surface area contributed by atoms with Crippen molar-refractivity contribution in [3.8, 4) is 0 Å². The summed E-state index contributed by atoms with van der Waals surface area (Å²) in [5.74, 6) is -2.06. The molecule has 4 atom stereocenters. The quantitative estimate of drug-likeness (QED) is 0.413. The zero-order chi connectivity index (χ0) is 19.4. The van der Waals surface area contributed by atoms with Crippen LogP contribution in [0, 0.1) is 4.64 Å². The molecule has 1 aliphatic heterocycles. The summed E-state index contributed by atoms with van der Waals surface area (Å²) >= 11 is 4.82. The first-order valence-corrected chi connectivity index (χ1v) is 7.91. The third-order valence-electron chi connectivity index (χ3n) is 3.30. The molecule has 0 aliphatic carbocycles. The maximum atomic E-state index is 12.1. The first kappa shape index (κ1) is 19.7. The number of H-pyrrole nitrogens is 1. The maximum absolute atomic E-state index is 12.1. The van der Waals surface area contributed by atoms with Gasteiger partial charge < -0.3 is 18.9 Å². The lowest BCUT2D eigenvalue weighted by molar-refractivity contribution is -0.242. The van der Waals surface area contributed by atoms with Crippen molar-refractivity contribution in [3.63, 3.8) is 0 Å². The number of carbonyl (C=O) groups excluding carboxylic acids is 3. The van der Waals surface area contributed by atoms with Crippen LogP contribution in [-0.2, 0) is 33.3 Å². The molecule has 142 valence electrons. The number of nitrogens with zero attached hydrogens (tertiary/aromatic N) is 2. The molecule has 1 aromatic heterocycles. The van der Waals surface area contributed by atoms with Crippen LogP contribution in [0.15, 0.2) is 11.0 Å². The highest BCUT2D eigenvalue weighted by Crippen LogP contribution is 2.29. The Labute approximate surface area is 152 Å². The van der Waals surface area contributed by atoms with Gasteiger partial charge in [-0.2, -0.15) is 9.78 Å². The van der Waals surface area contributed by atoms with E-state index in [0.29, 0.717) is 0 Å². The molecule has 0 radical (unpaired) electrons. The fourth-order valence-electron chi connectivity index (χ4n) is 2.48. The second-order valence-corrected chi connectivity index (χ2v) is 5.84. The van der Waals surface area contributed by atoms with Crippen molar-refractivity contribution < 1.29 is 33.3 Å². The highest BCUT2D eigenvalue weighted by Gasteiger charge is 2.48. The minimum atomic E-state index is -1.29. The van der Waals surface area contributed by atoms with Gasteiger partial charge >= 0.3 is 23.6 Å². The number of aromatic nitrogens is 3. The summed E-state index contributed by atoms with van der Waals surface area (Å²) in [6.07, 6.45) is -3.55. The molecule has 0 spiro atoms. The van der Waals surface area contributed by atoms with Crippen LogP contribution in [0.1, 0.15) is 27.0 Å². The van der Waals surface area contributed by atoms with E-state index in [1.807, 2.05) is 0 Å². The third-order valence-corrected chi connectivity index (χ3v) is 3.51. The number of aromatic amines is 1. The van der Waals surface area contributed by atoms with Gasteiger partial charge in [-0.25, -0.2) is 4.79 Å². The van der Waals surface area contributed by atoms with E-state index in [1.54, 1.807) is 0 Å². The minimum absolute atomic E-state index is 0.0976. The van der Waals surface area contributed by atoms with Crippen molar-refractivity contribution in [1.82, 2.24) is 14.8 Å². The van der Waals surface area contributed by atoms with E-state index in [-0.39, 0.29) is 11.2 Å². The first-order chi connectivity index (χ1) is 12.2. The summed E-state index contributed by atoms with van der Waals surface area (Å²) < 4.78 is 22.0. The second-order valence-electron chi connectivity index (χ2n) is 5.40. The van der Waals surface area contributed by atoms with Crippen molar-refractivity contribution in [2.45, 2.75) is 45.3 Å². The summed E-state index contributed by atoms with van der Waals surface area (Å²) in [7, 11) is 0. The van der Waals surface area contributed by atoms with Crippen LogP contribution in [0.4, 0.5) is 0 Å². The normalized spacial score (nSPS) is 25.2. The smallest absolute Gasteiger partial charge is 0.345 e. The number of nitrogens with one attached hydrogen (secondary N) is 1. The molecule has 0 unspecified atom stereocenters. The van der Waals surface area contributed by atoms with Crippen LogP contribution in [-0.4, -0.2) is 57.6 Å². The van der Waals surface area contributed by atoms with Gasteiger partial charge in [0, 0.05) is 20.8 Å². The largest absolute Gasteiger partial charge is 0.456 e. The van der Waals surface area contributed by atoms with Gasteiger partial charge in [0.05, 0.1) is 12.8 Å². The van der Waals surface area contributed by atoms with E-state index in [9.17, 15) is 19.2 Å². The van der Waals surface area contributed by atoms with E-state index >= 15 is 0 Å². The van der Waals surface area contributed by atoms with Gasteiger partial charge in [0.2, 0.25) is 0 Å². The maximum Gasteiger partial charge on any atom is 0.345 e. The van der Waals surface area contributed by atoms with Crippen LogP contribution in [0.3, 0.4) is 0 Å². The monoisotopic (exact) mass is 387 g/mol. The van der Waals surface area contributed by atoms with E-state index in [2.05, 4.69) is 10.1 Å². The lowest BCUT2D eigenvalue weighted by Crippen LogP contribution is -2.57. The van der Waals surface area contributed by atoms with Crippen molar-refractivity contribution in [3.05, 3.63) is 21.3 Å². The molecular weight excluding hydrogens is 370 g/mol. The highest BCUT2D eigenvalue weighted by molar-refractivity contribution is 7.71. The molecule has 1 N–H and O–H groups in total. The standard InChI is InChI=1S/C14H17N3O8S/c1-6(18)23-9-5-22-13(17-14(21)16-10(26)4-15-17)12(25-8(3)20)11(9)24-7(2)19/h4,9,11-13H,5H2,1-3H3,(H,16,21,26)/t9-,11+,12-,13+/m1/s1. The molecule has 0 bridgehead atoms. The number of hydrogen-bond acceptors (Lipinski definition) is 10. The second kappa shape index (κ2) is 8.19. The van der Waals surface area contributed by atoms with Gasteiger partial charge in [0.25, 0.3) is 0 Å². The topological polar surface area (TPSA) is 139 Å². The van der Waals surface area contributed by atoms with Gasteiger partial charge in [-0.15, -0.1) is 0 Å². The molecule has 12 heteroatoms. The van der Waals surface area contributed by atoms with Gasteiger partial charge in [-0.1, -0.05) is 12.2 Å². The molecule has 2 rings (SSSR count). The summed E-state index contributed by atoms with van der Waals surface area (Å²) in [5, 5.41) is 3.86. The average molecular weight is 387 g/mol. The molecule has 0 amide bonds. The van der Waals surface area contributed by atoms with Crippen LogP contribution < -0.4 is 5.69 Å². The number of hydrogen-bond donors (Lipinski definition) is 1. The highest BCUT2D eigenvalue weighted by atomic mass is 32.1. The summed E-state index contributed by atoms with van der Waals surface area (Å²) in [4.78, 5) is 48.8. The number of esters is 3. The average Bonchev–Trinajstić information content (AvgIpc) is 2.50. The molecule has 1 saturated heterocycles. The van der Waals surface area contributed by atoms with Gasteiger partial charge in [0.15, 0.2) is 24.5 Å². The molecule has 26 heavy (non-hydrogen) atoms. The Morgan fingerprint density at radius 3 is 2.27 bits per heavy atom. The summed E-state index contributed by atoms with van der Waals surface area (Å²) in [5.41, 5.74) is -0.716. The SMILES string of the molecule is CC(=O)O[C@@H]1[C@@H](OC(C)=O)[C@@H](n2ncc(=S)[nH]c2=O)OC[C@H]1OC(C)=O. The van der Waals surface area contributed by atoms with Crippen LogP contribution in [0.25, 0.3) is 0 Å². The summed E-state index contributed by atoms with van der Waals surface area (Å²) in [6, 6.07) is 0. The Balaban J connectivity index is 2.46. The molecule has 1 fully saturated rings. The van der Waals surface area contributed by atoms with Crippen molar-refractivity contribution in [1.29, 1.82) is 0 Å². The van der Waals surface area contributed by atoms with E-state index in [1.165, 1.54) is 13.1 Å². The predicted molar refractivity (Wildman–Crippen MR) is 85.3 cm³/mol. The van der Waals surface area contributed by atoms with Gasteiger partial charge in [-0.05, 0) is 0 Å². The Bertz CT molecular complexity index is 819. The zero-order valence-corrected chi connectivity index (χ0v) is 15.0. The van der Waals surface area contributed by atoms with Gasteiger partial charge in [-0.3, -0.25) is 19.4 Å². The van der Waals surface area contributed by atoms with E-state index in [0.717, 1.165) is 18.5 Å². The molecule has 1 aliphatic rings. The van der Waals surface area contributed by atoms with E-state index < -0.39 is 48.1 Å². The van der Waals surface area contributed by atoms with Crippen LogP contribution in [0.5, 0.6) is 0 Å². The fourth-order valence-corrected chi connectivity index (χ4v) is 2.61. The van der Waals surface area contributed by atoms with E-state index in [4.69, 9.17) is 31.2 Å². The molecule has 0 aromatic carbocycles. The Morgan fingerprint density at radius 1 is 1.15 bits per heavy atom. The lowest BCUT2D eigenvalue weighted by Gasteiger charge is -2.40. The minimum Gasteiger partial charge on any atom is -0.456 e. The van der Waals surface area contributed by atoms with Crippen molar-refractivity contribution in [2.75, 3.05) is 6.61 Å². The van der Waals surface area contributed by atoms with Crippen LogP contribution in [0.2, 0.25) is 0 Å². The Morgan fingerprint density at radius 2 is 1.73 bits per heavy atom. The number of carbonyl (C=O) groups is 3. The van der Waals surface area contributed by atoms with Crippen molar-refractivity contribution >= 4 is 30.1 Å². The lowest BCUT2D eigenvalue weighted by atomic mass is 10.0. The Hall–Kier alpha value is -2.60. The molecular formula is C14H17N3O8S. The molecule has 0 saturated carbocycles. The third kappa shape index (κ3) is 4.73. The zero-order valence-electron chi connectivity index (χ0n) is 14.2. The van der Waals surface area contributed by atoms with Gasteiger partial charge in [0.1, 0.15) is 4.64 Å². The summed E-state index contributed by atoms with van der Waals surface area (Å²) in [6.45, 7) is 3.22. The molecule has 2 heterocycles. The Kier molecular flexibility index (Phi) is 6.21. The molecule has 1 aromatic rings. The first-order valence-electron chi connectivity index (χ1n) is 7.50.